The molecule has 4 rings (SSSR count). The average molecular weight is 375 g/mol. The number of amides is 1. The summed E-state index contributed by atoms with van der Waals surface area (Å²) in [6, 6.07) is 12.8. The number of fused-ring (bicyclic) bond motifs is 2. The van der Waals surface area contributed by atoms with E-state index < -0.39 is 0 Å². The molecule has 2 N–H and O–H groups in total. The van der Waals surface area contributed by atoms with E-state index in [9.17, 15) is 9.18 Å². The third-order valence-electron chi connectivity index (χ3n) is 5.80. The van der Waals surface area contributed by atoms with Gasteiger partial charge in [-0.25, -0.2) is 4.39 Å². The Morgan fingerprint density at radius 1 is 1.12 bits per heavy atom. The quantitative estimate of drug-likeness (QED) is 0.797. The van der Waals surface area contributed by atoms with Crippen LogP contribution < -0.4 is 10.6 Å². The van der Waals surface area contributed by atoms with Gasteiger partial charge in [-0.1, -0.05) is 37.1 Å². The predicted octanol–water partition coefficient (Wildman–Crippen LogP) is 4.62. The maximum absolute atomic E-state index is 14.6. The third-order valence-corrected chi connectivity index (χ3v) is 5.80. The summed E-state index contributed by atoms with van der Waals surface area (Å²) in [5, 5.41) is 0. The zero-order chi connectivity index (χ0) is 17.4. The van der Waals surface area contributed by atoms with Crippen LogP contribution in [0.5, 0.6) is 0 Å². The predicted molar refractivity (Wildman–Crippen MR) is 105 cm³/mol. The molecule has 0 atom stereocenters. The Balaban J connectivity index is 0.00000196. The van der Waals surface area contributed by atoms with Crippen molar-refractivity contribution in [3.05, 3.63) is 59.4 Å². The van der Waals surface area contributed by atoms with Gasteiger partial charge in [0.1, 0.15) is 5.82 Å². The fourth-order valence-electron chi connectivity index (χ4n) is 4.55. The van der Waals surface area contributed by atoms with E-state index in [1.807, 2.05) is 35.2 Å². The van der Waals surface area contributed by atoms with E-state index >= 15 is 0 Å². The van der Waals surface area contributed by atoms with Gasteiger partial charge in [0.25, 0.3) is 0 Å². The highest BCUT2D eigenvalue weighted by Crippen LogP contribution is 2.51. The monoisotopic (exact) mass is 374 g/mol. The van der Waals surface area contributed by atoms with Gasteiger partial charge in [0, 0.05) is 29.6 Å². The molecule has 1 fully saturated rings. The normalized spacial score (nSPS) is 17.2. The van der Waals surface area contributed by atoms with Crippen LogP contribution in [0.4, 0.5) is 15.8 Å². The van der Waals surface area contributed by atoms with E-state index in [4.69, 9.17) is 5.73 Å². The van der Waals surface area contributed by atoms with Crippen molar-refractivity contribution in [3.8, 4) is 0 Å². The maximum atomic E-state index is 14.6. The van der Waals surface area contributed by atoms with Crippen molar-refractivity contribution in [2.45, 2.75) is 43.9 Å². The molecule has 1 amide bonds. The van der Waals surface area contributed by atoms with Crippen molar-refractivity contribution in [2.75, 3.05) is 17.2 Å². The highest BCUT2D eigenvalue weighted by atomic mass is 35.5. The molecule has 1 heterocycles. The van der Waals surface area contributed by atoms with Gasteiger partial charge in [0.15, 0.2) is 0 Å². The lowest BCUT2D eigenvalue weighted by molar-refractivity contribution is -0.118. The van der Waals surface area contributed by atoms with Crippen molar-refractivity contribution < 1.29 is 9.18 Å². The fraction of sp³-hybridized carbons (Fsp3) is 0.381. The van der Waals surface area contributed by atoms with Crippen LogP contribution in [-0.4, -0.2) is 12.5 Å². The Hall–Kier alpha value is -2.07. The summed E-state index contributed by atoms with van der Waals surface area (Å²) in [5.74, 6) is -0.110. The molecule has 1 aliphatic carbocycles. The first-order valence-electron chi connectivity index (χ1n) is 9.03. The van der Waals surface area contributed by atoms with Gasteiger partial charge in [0.2, 0.25) is 5.91 Å². The number of aryl methyl sites for hydroxylation is 1. The van der Waals surface area contributed by atoms with Crippen LogP contribution >= 0.6 is 12.4 Å². The number of hydrogen-bond donors (Lipinski definition) is 1. The fourth-order valence-corrected chi connectivity index (χ4v) is 4.55. The molecule has 0 saturated heterocycles. The highest BCUT2D eigenvalue weighted by molar-refractivity contribution is 5.96. The average Bonchev–Trinajstić information content (AvgIpc) is 3.21. The number of benzene rings is 2. The Bertz CT molecular complexity index is 817. The van der Waals surface area contributed by atoms with E-state index in [1.54, 1.807) is 6.07 Å². The summed E-state index contributed by atoms with van der Waals surface area (Å²) >= 11 is 0. The smallest absolute Gasteiger partial charge is 0.227 e. The number of rotatable bonds is 3. The Morgan fingerprint density at radius 3 is 2.58 bits per heavy atom. The molecule has 3 nitrogen and oxygen atoms in total. The SMILES string of the molecule is Cl.Nc1ccccc1CCC(=O)N1CC2(CCCC2)c2c(F)cccc21. The van der Waals surface area contributed by atoms with Gasteiger partial charge in [-0.05, 0) is 43.0 Å². The van der Waals surface area contributed by atoms with Crippen molar-refractivity contribution in [3.63, 3.8) is 0 Å². The first kappa shape index (κ1) is 18.7. The molecule has 26 heavy (non-hydrogen) atoms. The van der Waals surface area contributed by atoms with Gasteiger partial charge in [-0.15, -0.1) is 12.4 Å². The summed E-state index contributed by atoms with van der Waals surface area (Å²) in [7, 11) is 0. The molecule has 2 aromatic rings. The molecular formula is C21H24ClFN2O. The van der Waals surface area contributed by atoms with E-state index in [0.29, 0.717) is 19.4 Å². The minimum absolute atomic E-state index is 0. The number of nitrogens with two attached hydrogens (primary N) is 1. The summed E-state index contributed by atoms with van der Waals surface area (Å²) in [5.41, 5.74) is 9.04. The number of halogens is 2. The minimum atomic E-state index is -0.178. The molecule has 0 radical (unpaired) electrons. The molecule has 2 aromatic carbocycles. The van der Waals surface area contributed by atoms with Crippen LogP contribution in [0.15, 0.2) is 42.5 Å². The van der Waals surface area contributed by atoms with E-state index in [2.05, 4.69) is 0 Å². The van der Waals surface area contributed by atoms with Crippen LogP contribution in [0.3, 0.4) is 0 Å². The summed E-state index contributed by atoms with van der Waals surface area (Å²) in [6.45, 7) is 0.617. The molecule has 0 aromatic heterocycles. The van der Waals surface area contributed by atoms with Gasteiger partial charge < -0.3 is 10.6 Å². The van der Waals surface area contributed by atoms with Crippen molar-refractivity contribution in [1.29, 1.82) is 0 Å². The standard InChI is InChI=1S/C21H23FN2O.ClH/c22-16-7-5-9-18-20(16)21(12-3-4-13-21)14-24(18)19(25)11-10-15-6-1-2-8-17(15)23;/h1-2,5-9H,3-4,10-14,23H2;1H. The van der Waals surface area contributed by atoms with Crippen LogP contribution in [0.2, 0.25) is 0 Å². The first-order chi connectivity index (χ1) is 12.1. The molecule has 0 unspecified atom stereocenters. The zero-order valence-electron chi connectivity index (χ0n) is 14.7. The van der Waals surface area contributed by atoms with Crippen LogP contribution in [0, 0.1) is 5.82 Å². The molecule has 138 valence electrons. The summed E-state index contributed by atoms with van der Waals surface area (Å²) < 4.78 is 14.6. The number of carbonyl (C=O) groups excluding carboxylic acids is 1. The molecule has 1 aliphatic heterocycles. The largest absolute Gasteiger partial charge is 0.399 e. The second-order valence-electron chi connectivity index (χ2n) is 7.30. The van der Waals surface area contributed by atoms with Gasteiger partial charge >= 0.3 is 0 Å². The molecule has 5 heteroatoms. The molecule has 1 spiro atoms. The van der Waals surface area contributed by atoms with E-state index in [0.717, 1.165) is 48.2 Å². The Kier molecular flexibility index (Phi) is 5.24. The number of anilines is 2. The van der Waals surface area contributed by atoms with Gasteiger partial charge in [-0.2, -0.15) is 0 Å². The van der Waals surface area contributed by atoms with Gasteiger partial charge in [0.05, 0.1) is 5.69 Å². The zero-order valence-corrected chi connectivity index (χ0v) is 15.5. The van der Waals surface area contributed by atoms with Crippen LogP contribution in [-0.2, 0) is 16.6 Å². The van der Waals surface area contributed by atoms with Gasteiger partial charge in [-0.3, -0.25) is 4.79 Å². The first-order valence-corrected chi connectivity index (χ1v) is 9.03. The minimum Gasteiger partial charge on any atom is -0.399 e. The van der Waals surface area contributed by atoms with Crippen molar-refractivity contribution in [2.24, 2.45) is 0 Å². The Morgan fingerprint density at radius 2 is 1.85 bits per heavy atom. The Labute approximate surface area is 159 Å². The summed E-state index contributed by atoms with van der Waals surface area (Å²) in [4.78, 5) is 14.7. The lowest BCUT2D eigenvalue weighted by Gasteiger charge is -2.25. The summed E-state index contributed by atoms with van der Waals surface area (Å²) in [6.07, 6.45) is 5.15. The number of nitrogen functional groups attached to an aromatic ring is 1. The van der Waals surface area contributed by atoms with E-state index in [-0.39, 0.29) is 29.5 Å². The highest BCUT2D eigenvalue weighted by Gasteiger charge is 2.47. The lowest BCUT2D eigenvalue weighted by Crippen LogP contribution is -2.35. The van der Waals surface area contributed by atoms with Crippen molar-refractivity contribution in [1.82, 2.24) is 0 Å². The number of para-hydroxylation sites is 1. The number of carbonyl (C=O) groups is 1. The lowest BCUT2D eigenvalue weighted by atomic mass is 9.80. The molecule has 0 bridgehead atoms. The van der Waals surface area contributed by atoms with Crippen LogP contribution in [0.25, 0.3) is 0 Å². The topological polar surface area (TPSA) is 46.3 Å². The van der Waals surface area contributed by atoms with Crippen LogP contribution in [0.1, 0.15) is 43.2 Å². The molecular weight excluding hydrogens is 351 g/mol. The second kappa shape index (κ2) is 7.28. The number of hydrogen-bond acceptors (Lipinski definition) is 2. The molecule has 2 aliphatic rings. The van der Waals surface area contributed by atoms with Crippen molar-refractivity contribution >= 4 is 29.7 Å². The number of nitrogens with zero attached hydrogens (tertiary/aromatic N) is 1. The van der Waals surface area contributed by atoms with E-state index in [1.165, 1.54) is 6.07 Å². The molecule has 1 saturated carbocycles. The maximum Gasteiger partial charge on any atom is 0.227 e. The second-order valence-corrected chi connectivity index (χ2v) is 7.30. The third kappa shape index (κ3) is 3.07.